The molecule has 0 spiro atoms. The Morgan fingerprint density at radius 1 is 1.05 bits per heavy atom. The smallest absolute Gasteiger partial charge is 0.123 e. The third kappa shape index (κ3) is 4.14. The number of likely N-dealkylation sites (tertiary alicyclic amines) is 2. The van der Waals surface area contributed by atoms with Crippen molar-refractivity contribution in [3.8, 4) is 0 Å². The van der Waals surface area contributed by atoms with Gasteiger partial charge in [0, 0.05) is 25.7 Å². The molecule has 114 valence electrons. The first kappa shape index (κ1) is 14.7. The molecule has 0 amide bonds. The molecule has 2 fully saturated rings. The summed E-state index contributed by atoms with van der Waals surface area (Å²) in [6.07, 6.45) is 9.76. The monoisotopic (exact) mass is 288 g/mol. The van der Waals surface area contributed by atoms with E-state index in [4.69, 9.17) is 0 Å². The molecule has 3 heteroatoms. The maximum atomic E-state index is 12.8. The van der Waals surface area contributed by atoms with Crippen LogP contribution in [0.4, 0.5) is 4.39 Å². The molecule has 0 aromatic heterocycles. The van der Waals surface area contributed by atoms with Crippen molar-refractivity contribution in [2.45, 2.75) is 31.7 Å². The SMILES string of the molecule is Fc1ccc(/C=C/CN2CC[C@@H](N3CCCCC3)C2)cc1. The molecule has 2 nitrogen and oxygen atoms in total. The van der Waals surface area contributed by atoms with Crippen molar-refractivity contribution in [1.82, 2.24) is 9.80 Å². The fraction of sp³-hybridized carbons (Fsp3) is 0.556. The predicted molar refractivity (Wildman–Crippen MR) is 85.7 cm³/mol. The van der Waals surface area contributed by atoms with Crippen molar-refractivity contribution in [3.05, 3.63) is 41.7 Å². The van der Waals surface area contributed by atoms with Crippen LogP contribution < -0.4 is 0 Å². The lowest BCUT2D eigenvalue weighted by Crippen LogP contribution is -2.40. The molecule has 3 rings (SSSR count). The second kappa shape index (κ2) is 7.19. The Labute approximate surface area is 127 Å². The van der Waals surface area contributed by atoms with Crippen molar-refractivity contribution >= 4 is 6.08 Å². The highest BCUT2D eigenvalue weighted by Crippen LogP contribution is 2.20. The molecule has 1 aromatic carbocycles. The summed E-state index contributed by atoms with van der Waals surface area (Å²) in [5, 5.41) is 0. The van der Waals surface area contributed by atoms with Crippen LogP contribution in [0.5, 0.6) is 0 Å². The van der Waals surface area contributed by atoms with Crippen LogP contribution in [0.3, 0.4) is 0 Å². The predicted octanol–water partition coefficient (Wildman–Crippen LogP) is 3.40. The zero-order chi connectivity index (χ0) is 14.5. The normalized spacial score (nSPS) is 24.9. The summed E-state index contributed by atoms with van der Waals surface area (Å²) in [4.78, 5) is 5.21. The topological polar surface area (TPSA) is 6.48 Å². The fourth-order valence-electron chi connectivity index (χ4n) is 3.47. The van der Waals surface area contributed by atoms with E-state index >= 15 is 0 Å². The molecule has 0 saturated carbocycles. The van der Waals surface area contributed by atoms with Crippen LogP contribution in [0.25, 0.3) is 6.08 Å². The van der Waals surface area contributed by atoms with E-state index in [1.54, 1.807) is 0 Å². The average molecular weight is 288 g/mol. The molecule has 2 heterocycles. The number of hydrogen-bond donors (Lipinski definition) is 0. The van der Waals surface area contributed by atoms with Crippen LogP contribution in [-0.4, -0.2) is 48.6 Å². The lowest BCUT2D eigenvalue weighted by Gasteiger charge is -2.32. The molecule has 0 unspecified atom stereocenters. The Morgan fingerprint density at radius 3 is 2.57 bits per heavy atom. The Morgan fingerprint density at radius 2 is 1.81 bits per heavy atom. The van der Waals surface area contributed by atoms with Crippen LogP contribution >= 0.6 is 0 Å². The van der Waals surface area contributed by atoms with Gasteiger partial charge in [-0.2, -0.15) is 0 Å². The molecule has 0 aliphatic carbocycles. The van der Waals surface area contributed by atoms with Crippen molar-refractivity contribution in [1.29, 1.82) is 0 Å². The maximum absolute atomic E-state index is 12.8. The Kier molecular flexibility index (Phi) is 5.04. The molecule has 0 radical (unpaired) electrons. The number of benzene rings is 1. The van der Waals surface area contributed by atoms with E-state index in [0.29, 0.717) is 0 Å². The quantitative estimate of drug-likeness (QED) is 0.838. The van der Waals surface area contributed by atoms with Gasteiger partial charge in [-0.15, -0.1) is 0 Å². The van der Waals surface area contributed by atoms with Crippen LogP contribution in [0.2, 0.25) is 0 Å². The first-order chi connectivity index (χ1) is 10.3. The molecular formula is C18H25FN2. The van der Waals surface area contributed by atoms with Gasteiger partial charge in [0.25, 0.3) is 0 Å². The van der Waals surface area contributed by atoms with E-state index < -0.39 is 0 Å². The van der Waals surface area contributed by atoms with Crippen LogP contribution in [0, 0.1) is 5.82 Å². The second-order valence-electron chi connectivity index (χ2n) is 6.25. The lowest BCUT2D eigenvalue weighted by atomic mass is 10.1. The molecule has 2 saturated heterocycles. The van der Waals surface area contributed by atoms with Crippen LogP contribution in [0.1, 0.15) is 31.2 Å². The van der Waals surface area contributed by atoms with Gasteiger partial charge in [0.15, 0.2) is 0 Å². The highest BCUT2D eigenvalue weighted by atomic mass is 19.1. The summed E-state index contributed by atoms with van der Waals surface area (Å²) >= 11 is 0. The molecule has 0 N–H and O–H groups in total. The first-order valence-electron chi connectivity index (χ1n) is 8.20. The lowest BCUT2D eigenvalue weighted by molar-refractivity contribution is 0.164. The van der Waals surface area contributed by atoms with Gasteiger partial charge < -0.3 is 0 Å². The summed E-state index contributed by atoms with van der Waals surface area (Å²) in [6.45, 7) is 6.00. The van der Waals surface area contributed by atoms with Crippen molar-refractivity contribution in [2.24, 2.45) is 0 Å². The van der Waals surface area contributed by atoms with Crippen molar-refractivity contribution < 1.29 is 4.39 Å². The van der Waals surface area contributed by atoms with Gasteiger partial charge in [-0.3, -0.25) is 9.80 Å². The van der Waals surface area contributed by atoms with Gasteiger partial charge in [0.2, 0.25) is 0 Å². The fourth-order valence-corrected chi connectivity index (χ4v) is 3.47. The molecular weight excluding hydrogens is 263 g/mol. The third-order valence-corrected chi connectivity index (χ3v) is 4.70. The van der Waals surface area contributed by atoms with E-state index in [2.05, 4.69) is 22.0 Å². The van der Waals surface area contributed by atoms with E-state index in [1.165, 1.54) is 64.0 Å². The zero-order valence-electron chi connectivity index (χ0n) is 12.7. The van der Waals surface area contributed by atoms with Gasteiger partial charge in [-0.1, -0.05) is 30.7 Å². The number of halogens is 1. The molecule has 2 aliphatic rings. The summed E-state index contributed by atoms with van der Waals surface area (Å²) < 4.78 is 12.8. The molecule has 0 bridgehead atoms. The minimum Gasteiger partial charge on any atom is -0.299 e. The van der Waals surface area contributed by atoms with E-state index in [9.17, 15) is 4.39 Å². The summed E-state index contributed by atoms with van der Waals surface area (Å²) in [7, 11) is 0. The summed E-state index contributed by atoms with van der Waals surface area (Å²) in [5.74, 6) is -0.170. The maximum Gasteiger partial charge on any atom is 0.123 e. The largest absolute Gasteiger partial charge is 0.299 e. The van der Waals surface area contributed by atoms with Gasteiger partial charge >= 0.3 is 0 Å². The highest BCUT2D eigenvalue weighted by molar-refractivity contribution is 5.48. The van der Waals surface area contributed by atoms with E-state index in [0.717, 1.165) is 18.2 Å². The van der Waals surface area contributed by atoms with Crippen LogP contribution in [-0.2, 0) is 0 Å². The Bertz CT molecular complexity index is 463. The number of rotatable bonds is 4. The Balaban J connectivity index is 1.45. The molecule has 21 heavy (non-hydrogen) atoms. The minimum atomic E-state index is -0.170. The summed E-state index contributed by atoms with van der Waals surface area (Å²) in [6, 6.07) is 7.45. The van der Waals surface area contributed by atoms with Crippen molar-refractivity contribution in [2.75, 3.05) is 32.7 Å². The van der Waals surface area contributed by atoms with Gasteiger partial charge in [-0.25, -0.2) is 4.39 Å². The number of hydrogen-bond acceptors (Lipinski definition) is 2. The third-order valence-electron chi connectivity index (χ3n) is 4.70. The Hall–Kier alpha value is -1.19. The summed E-state index contributed by atoms with van der Waals surface area (Å²) in [5.41, 5.74) is 1.07. The van der Waals surface area contributed by atoms with E-state index in [-0.39, 0.29) is 5.82 Å². The second-order valence-corrected chi connectivity index (χ2v) is 6.25. The highest BCUT2D eigenvalue weighted by Gasteiger charge is 2.27. The average Bonchev–Trinajstić information content (AvgIpc) is 2.99. The van der Waals surface area contributed by atoms with Gasteiger partial charge in [0.1, 0.15) is 5.82 Å². The minimum absolute atomic E-state index is 0.170. The van der Waals surface area contributed by atoms with Gasteiger partial charge in [0.05, 0.1) is 0 Å². The molecule has 1 atom stereocenters. The number of nitrogens with zero attached hydrogens (tertiary/aromatic N) is 2. The number of piperidine rings is 1. The first-order valence-corrected chi connectivity index (χ1v) is 8.20. The zero-order valence-corrected chi connectivity index (χ0v) is 12.7. The van der Waals surface area contributed by atoms with Gasteiger partial charge in [-0.05, 0) is 50.0 Å². The molecule has 2 aliphatic heterocycles. The van der Waals surface area contributed by atoms with Crippen molar-refractivity contribution in [3.63, 3.8) is 0 Å². The molecule has 1 aromatic rings. The van der Waals surface area contributed by atoms with Crippen LogP contribution in [0.15, 0.2) is 30.3 Å². The standard InChI is InChI=1S/C18H25FN2/c19-17-8-6-16(7-9-17)5-4-11-20-14-10-18(15-20)21-12-2-1-3-13-21/h4-9,18H,1-3,10-15H2/b5-4+/t18-/m1/s1. The van der Waals surface area contributed by atoms with E-state index in [1.807, 2.05) is 12.1 Å².